The summed E-state index contributed by atoms with van der Waals surface area (Å²) in [6, 6.07) is -1.00. The van der Waals surface area contributed by atoms with E-state index >= 15 is 0 Å². The van der Waals surface area contributed by atoms with Crippen LogP contribution in [-0.4, -0.2) is 59.0 Å². The molecule has 0 bridgehead atoms. The maximum absolute atomic E-state index is 12.8. The normalized spacial score (nSPS) is 14.9. The minimum absolute atomic E-state index is 0.0428. The topological polar surface area (TPSA) is 151 Å². The molecule has 4 atom stereocenters. The van der Waals surface area contributed by atoms with E-state index in [1.165, 1.54) is 135 Å². The average molecular weight is 813 g/mol. The molecule has 6 N–H and O–H groups in total. The highest BCUT2D eigenvalue weighted by atomic mass is 31.2. The molecule has 0 aliphatic carbocycles. The summed E-state index contributed by atoms with van der Waals surface area (Å²) >= 11 is 0. The number of phosphoric ester groups is 1. The number of hydrogen-bond acceptors (Lipinski definition) is 7. The molecule has 0 spiro atoms. The number of rotatable bonds is 43. The van der Waals surface area contributed by atoms with E-state index in [9.17, 15) is 24.5 Å². The molecule has 10 heteroatoms. The molecule has 0 aromatic heterocycles. The second-order valence-corrected chi connectivity index (χ2v) is 17.2. The summed E-state index contributed by atoms with van der Waals surface area (Å²) in [7, 11) is -4.41. The minimum Gasteiger partial charge on any atom is -0.393 e. The van der Waals surface area contributed by atoms with Crippen LogP contribution in [0.3, 0.4) is 0 Å². The van der Waals surface area contributed by atoms with Crippen molar-refractivity contribution in [1.29, 1.82) is 0 Å². The monoisotopic (exact) mass is 813 g/mol. The molecule has 0 heterocycles. The summed E-state index contributed by atoms with van der Waals surface area (Å²) in [6.07, 6.45) is 46.6. The van der Waals surface area contributed by atoms with Crippen LogP contribution in [0.15, 0.2) is 36.5 Å². The average Bonchev–Trinajstić information content (AvgIpc) is 3.17. The van der Waals surface area contributed by atoms with Crippen LogP contribution in [0.25, 0.3) is 0 Å². The van der Waals surface area contributed by atoms with E-state index in [2.05, 4.69) is 43.5 Å². The van der Waals surface area contributed by atoms with Gasteiger partial charge in [-0.1, -0.05) is 198 Å². The van der Waals surface area contributed by atoms with Gasteiger partial charge in [0.15, 0.2) is 0 Å². The summed E-state index contributed by atoms with van der Waals surface area (Å²) in [5.41, 5.74) is 5.36. The van der Waals surface area contributed by atoms with E-state index in [4.69, 9.17) is 14.8 Å². The molecule has 0 saturated heterocycles. The Balaban J connectivity index is 4.29. The van der Waals surface area contributed by atoms with Gasteiger partial charge in [-0.15, -0.1) is 0 Å². The fourth-order valence-corrected chi connectivity index (χ4v) is 7.50. The number of phosphoric acid groups is 1. The van der Waals surface area contributed by atoms with Crippen LogP contribution in [-0.2, 0) is 18.4 Å². The van der Waals surface area contributed by atoms with Gasteiger partial charge in [0.1, 0.15) is 0 Å². The fourth-order valence-electron chi connectivity index (χ4n) is 6.74. The predicted octanol–water partition coefficient (Wildman–Crippen LogP) is 12.1. The second kappa shape index (κ2) is 41.8. The zero-order valence-electron chi connectivity index (χ0n) is 36.2. The third-order valence-corrected chi connectivity index (χ3v) is 11.2. The molecule has 0 radical (unpaired) electrons. The van der Waals surface area contributed by atoms with Crippen molar-refractivity contribution in [2.24, 2.45) is 5.73 Å². The van der Waals surface area contributed by atoms with Crippen LogP contribution in [0.2, 0.25) is 0 Å². The summed E-state index contributed by atoms with van der Waals surface area (Å²) in [5.74, 6) is -0.458. The molecule has 0 aliphatic heterocycles. The molecule has 0 aromatic rings. The van der Waals surface area contributed by atoms with E-state index in [0.29, 0.717) is 12.8 Å². The Morgan fingerprint density at radius 3 is 1.48 bits per heavy atom. The lowest BCUT2D eigenvalue weighted by Crippen LogP contribution is -2.46. The number of amides is 1. The lowest BCUT2D eigenvalue weighted by molar-refractivity contribution is -0.124. The van der Waals surface area contributed by atoms with Gasteiger partial charge in [0, 0.05) is 6.54 Å². The van der Waals surface area contributed by atoms with Crippen molar-refractivity contribution in [3.8, 4) is 0 Å². The molecular weight excluding hydrogens is 723 g/mol. The van der Waals surface area contributed by atoms with E-state index in [1.54, 1.807) is 6.08 Å². The Morgan fingerprint density at radius 1 is 0.607 bits per heavy atom. The highest BCUT2D eigenvalue weighted by Crippen LogP contribution is 2.43. The van der Waals surface area contributed by atoms with Crippen LogP contribution in [0.5, 0.6) is 0 Å². The number of allylic oxidation sites excluding steroid dienone is 5. The third kappa shape index (κ3) is 39.5. The number of aliphatic hydroxyl groups is 2. The van der Waals surface area contributed by atoms with Crippen LogP contribution < -0.4 is 11.1 Å². The number of aliphatic hydroxyl groups excluding tert-OH is 2. The van der Waals surface area contributed by atoms with Gasteiger partial charge in [-0.3, -0.25) is 13.8 Å². The Morgan fingerprint density at radius 2 is 1.02 bits per heavy atom. The maximum Gasteiger partial charge on any atom is 0.472 e. The molecule has 1 amide bonds. The van der Waals surface area contributed by atoms with Crippen LogP contribution in [0.1, 0.15) is 213 Å². The van der Waals surface area contributed by atoms with Gasteiger partial charge in [0.25, 0.3) is 0 Å². The van der Waals surface area contributed by atoms with Crippen molar-refractivity contribution < 1.29 is 33.5 Å². The molecule has 0 aromatic carbocycles. The van der Waals surface area contributed by atoms with Crippen molar-refractivity contribution in [2.75, 3.05) is 19.8 Å². The van der Waals surface area contributed by atoms with E-state index in [-0.39, 0.29) is 19.6 Å². The summed E-state index contributed by atoms with van der Waals surface area (Å²) in [4.78, 5) is 22.8. The summed E-state index contributed by atoms with van der Waals surface area (Å²) in [6.45, 7) is 3.94. The molecule has 0 aliphatic rings. The van der Waals surface area contributed by atoms with Crippen LogP contribution in [0, 0.1) is 0 Å². The Bertz CT molecular complexity index is 993. The number of unbranched alkanes of at least 4 members (excludes halogenated alkanes) is 25. The zero-order valence-corrected chi connectivity index (χ0v) is 37.1. The number of carbonyl (C=O) groups excluding carboxylic acids is 1. The SMILES string of the molecule is CCCCCCC/C=C/CC/C=C/CC/C=C/C(O)C(COP(=O)(O)OCCN)NC(=O)CC(O)CCCCCCCCCCCCCCCCCCCCC. The van der Waals surface area contributed by atoms with Gasteiger partial charge in [-0.25, -0.2) is 4.57 Å². The smallest absolute Gasteiger partial charge is 0.393 e. The van der Waals surface area contributed by atoms with E-state index in [0.717, 1.165) is 44.9 Å². The standard InChI is InChI=1S/C46H89N2O7P/c1-3-5-7-9-11-13-15-17-19-20-21-22-24-25-27-29-31-33-35-37-43(49)41-46(51)48-44(42-55-56(52,53)54-40-39-47)45(50)38-36-34-32-30-28-26-23-18-16-14-12-10-8-6-4-2/h16,18,28,30,36,38,43-45,49-50H,3-15,17,19-27,29,31-35,37,39-42,47H2,1-2H3,(H,48,51)(H,52,53)/b18-16+,30-28+,38-36+. The maximum atomic E-state index is 12.8. The van der Waals surface area contributed by atoms with Crippen molar-refractivity contribution in [2.45, 2.75) is 231 Å². The summed E-state index contributed by atoms with van der Waals surface area (Å²) < 4.78 is 22.1. The molecule has 56 heavy (non-hydrogen) atoms. The van der Waals surface area contributed by atoms with E-state index < -0.39 is 38.6 Å². The van der Waals surface area contributed by atoms with Gasteiger partial charge in [0.2, 0.25) is 5.91 Å². The van der Waals surface area contributed by atoms with E-state index in [1.807, 2.05) is 6.08 Å². The largest absolute Gasteiger partial charge is 0.472 e. The molecule has 330 valence electrons. The van der Waals surface area contributed by atoms with Gasteiger partial charge in [0.05, 0.1) is 37.9 Å². The van der Waals surface area contributed by atoms with Crippen molar-refractivity contribution in [1.82, 2.24) is 5.32 Å². The predicted molar refractivity (Wildman–Crippen MR) is 237 cm³/mol. The quantitative estimate of drug-likeness (QED) is 0.0232. The Labute approximate surface area is 344 Å². The minimum atomic E-state index is -4.41. The summed E-state index contributed by atoms with van der Waals surface area (Å²) in [5, 5.41) is 24.1. The fraction of sp³-hybridized carbons (Fsp3) is 0.848. The lowest BCUT2D eigenvalue weighted by Gasteiger charge is -2.24. The number of carbonyl (C=O) groups is 1. The van der Waals surface area contributed by atoms with Crippen LogP contribution >= 0.6 is 7.82 Å². The molecule has 0 rings (SSSR count). The first kappa shape index (κ1) is 54.7. The number of hydrogen-bond donors (Lipinski definition) is 5. The van der Waals surface area contributed by atoms with Gasteiger partial charge >= 0.3 is 7.82 Å². The highest BCUT2D eigenvalue weighted by molar-refractivity contribution is 7.47. The van der Waals surface area contributed by atoms with Crippen LogP contribution in [0.4, 0.5) is 0 Å². The number of nitrogens with one attached hydrogen (secondary N) is 1. The first-order valence-electron chi connectivity index (χ1n) is 23.2. The van der Waals surface area contributed by atoms with Gasteiger partial charge in [-0.2, -0.15) is 0 Å². The van der Waals surface area contributed by atoms with Gasteiger partial charge < -0.3 is 26.2 Å². The van der Waals surface area contributed by atoms with Crippen molar-refractivity contribution in [3.05, 3.63) is 36.5 Å². The molecule has 0 fully saturated rings. The van der Waals surface area contributed by atoms with Crippen molar-refractivity contribution in [3.63, 3.8) is 0 Å². The first-order chi connectivity index (χ1) is 27.3. The zero-order chi connectivity index (χ0) is 41.2. The Hall–Kier alpha value is -1.32. The third-order valence-electron chi connectivity index (χ3n) is 10.3. The molecule has 4 unspecified atom stereocenters. The second-order valence-electron chi connectivity index (χ2n) is 15.8. The first-order valence-corrected chi connectivity index (χ1v) is 24.7. The lowest BCUT2D eigenvalue weighted by atomic mass is 10.0. The van der Waals surface area contributed by atoms with Crippen molar-refractivity contribution >= 4 is 13.7 Å². The molecule has 9 nitrogen and oxygen atoms in total. The number of nitrogens with two attached hydrogens (primary N) is 1. The Kier molecular flexibility index (Phi) is 40.8. The molecule has 0 saturated carbocycles. The highest BCUT2D eigenvalue weighted by Gasteiger charge is 2.27. The molecular formula is C46H89N2O7P. The van der Waals surface area contributed by atoms with Gasteiger partial charge in [-0.05, 0) is 44.9 Å².